The molecule has 0 saturated carbocycles. The molecule has 2 aromatic rings. The first-order chi connectivity index (χ1) is 10.5. The van der Waals surface area contributed by atoms with E-state index in [1.807, 2.05) is 32.0 Å². The summed E-state index contributed by atoms with van der Waals surface area (Å²) in [5.74, 6) is 0.492. The number of aliphatic hydroxyl groups excluding tert-OH is 1. The molecule has 1 heterocycles. The number of rotatable bonds is 6. The number of aryl methyl sites for hydroxylation is 1. The van der Waals surface area contributed by atoms with E-state index in [4.69, 9.17) is 15.6 Å². The van der Waals surface area contributed by atoms with E-state index in [0.717, 1.165) is 28.7 Å². The highest BCUT2D eigenvalue weighted by Gasteiger charge is 2.10. The van der Waals surface area contributed by atoms with Gasteiger partial charge < -0.3 is 15.6 Å². The predicted molar refractivity (Wildman–Crippen MR) is 84.8 cm³/mol. The third-order valence-electron chi connectivity index (χ3n) is 3.52. The van der Waals surface area contributed by atoms with E-state index in [1.165, 1.54) is 0 Å². The summed E-state index contributed by atoms with van der Waals surface area (Å²) in [6, 6.07) is 9.33. The standard InChI is InChI=1S/C17H20N2O3/c1-11-13(10-20)4-3-5-14(11)15-6-7-17(19-12(15)2)22-9-8-16(18)21/h3-7,10,16,21H,8-9,18H2,1-2H3/t16-/m0/s1. The average molecular weight is 300 g/mol. The van der Waals surface area contributed by atoms with E-state index >= 15 is 0 Å². The van der Waals surface area contributed by atoms with Crippen LogP contribution in [-0.2, 0) is 0 Å². The first-order valence-electron chi connectivity index (χ1n) is 7.12. The Bertz CT molecular complexity index is 669. The highest BCUT2D eigenvalue weighted by atomic mass is 16.5. The lowest BCUT2D eigenvalue weighted by atomic mass is 9.96. The Kier molecular flexibility index (Phi) is 5.25. The molecule has 0 bridgehead atoms. The van der Waals surface area contributed by atoms with Crippen molar-refractivity contribution in [1.82, 2.24) is 4.98 Å². The van der Waals surface area contributed by atoms with Crippen molar-refractivity contribution >= 4 is 6.29 Å². The van der Waals surface area contributed by atoms with Gasteiger partial charge in [-0.25, -0.2) is 4.98 Å². The maximum atomic E-state index is 11.1. The number of hydrogen-bond acceptors (Lipinski definition) is 5. The topological polar surface area (TPSA) is 85.4 Å². The van der Waals surface area contributed by atoms with E-state index in [9.17, 15) is 4.79 Å². The summed E-state index contributed by atoms with van der Waals surface area (Å²) in [4.78, 5) is 15.5. The van der Waals surface area contributed by atoms with Crippen LogP contribution in [0.3, 0.4) is 0 Å². The second kappa shape index (κ2) is 7.15. The number of benzene rings is 1. The van der Waals surface area contributed by atoms with Crippen molar-refractivity contribution in [2.24, 2.45) is 5.73 Å². The number of hydrogen-bond donors (Lipinski definition) is 2. The van der Waals surface area contributed by atoms with Crippen LogP contribution in [-0.4, -0.2) is 29.2 Å². The van der Waals surface area contributed by atoms with Gasteiger partial charge in [0.05, 0.1) is 6.61 Å². The van der Waals surface area contributed by atoms with Crippen LogP contribution in [0, 0.1) is 13.8 Å². The molecule has 116 valence electrons. The first kappa shape index (κ1) is 16.1. The summed E-state index contributed by atoms with van der Waals surface area (Å²) in [6.07, 6.45) is 0.328. The summed E-state index contributed by atoms with van der Waals surface area (Å²) >= 11 is 0. The zero-order chi connectivity index (χ0) is 16.1. The average Bonchev–Trinajstić information content (AvgIpc) is 2.48. The number of nitrogens with zero attached hydrogens (tertiary/aromatic N) is 1. The number of nitrogens with two attached hydrogens (primary N) is 1. The van der Waals surface area contributed by atoms with Crippen molar-refractivity contribution in [2.75, 3.05) is 6.61 Å². The van der Waals surface area contributed by atoms with E-state index in [-0.39, 0.29) is 0 Å². The lowest BCUT2D eigenvalue weighted by Gasteiger charge is -2.12. The van der Waals surface area contributed by atoms with E-state index in [2.05, 4.69) is 4.98 Å². The molecule has 0 amide bonds. The van der Waals surface area contributed by atoms with Gasteiger partial charge >= 0.3 is 0 Å². The van der Waals surface area contributed by atoms with E-state index in [1.54, 1.807) is 12.1 Å². The largest absolute Gasteiger partial charge is 0.477 e. The molecule has 0 saturated heterocycles. The summed E-state index contributed by atoms with van der Waals surface area (Å²) in [7, 11) is 0. The van der Waals surface area contributed by atoms with Gasteiger partial charge in [-0.2, -0.15) is 0 Å². The van der Waals surface area contributed by atoms with Crippen molar-refractivity contribution in [3.63, 3.8) is 0 Å². The molecular formula is C17H20N2O3. The molecule has 0 fully saturated rings. The molecule has 0 spiro atoms. The minimum Gasteiger partial charge on any atom is -0.477 e. The van der Waals surface area contributed by atoms with Gasteiger partial charge in [-0.15, -0.1) is 0 Å². The fraction of sp³-hybridized carbons (Fsp3) is 0.294. The van der Waals surface area contributed by atoms with Crippen LogP contribution in [0.25, 0.3) is 11.1 Å². The van der Waals surface area contributed by atoms with Gasteiger partial charge in [0.15, 0.2) is 0 Å². The van der Waals surface area contributed by atoms with Gasteiger partial charge in [-0.3, -0.25) is 4.79 Å². The van der Waals surface area contributed by atoms with Gasteiger partial charge in [0.1, 0.15) is 12.5 Å². The van der Waals surface area contributed by atoms with E-state index in [0.29, 0.717) is 24.5 Å². The van der Waals surface area contributed by atoms with Gasteiger partial charge in [0, 0.05) is 29.3 Å². The number of pyridine rings is 1. The summed E-state index contributed by atoms with van der Waals surface area (Å²) in [5, 5.41) is 9.01. The Balaban J connectivity index is 2.25. The second-order valence-corrected chi connectivity index (χ2v) is 5.12. The highest BCUT2D eigenvalue weighted by molar-refractivity contribution is 5.83. The molecule has 0 aliphatic rings. The molecular weight excluding hydrogens is 280 g/mol. The smallest absolute Gasteiger partial charge is 0.213 e. The molecule has 0 aliphatic carbocycles. The number of aliphatic hydroxyl groups is 1. The van der Waals surface area contributed by atoms with Crippen LogP contribution in [0.1, 0.15) is 28.0 Å². The molecule has 3 N–H and O–H groups in total. The van der Waals surface area contributed by atoms with Crippen molar-refractivity contribution in [3.8, 4) is 17.0 Å². The normalized spacial score (nSPS) is 12.0. The van der Waals surface area contributed by atoms with Crippen molar-refractivity contribution < 1.29 is 14.6 Å². The molecule has 0 unspecified atom stereocenters. The maximum Gasteiger partial charge on any atom is 0.213 e. The van der Waals surface area contributed by atoms with Crippen LogP contribution in [0.5, 0.6) is 5.88 Å². The van der Waals surface area contributed by atoms with Crippen LogP contribution < -0.4 is 10.5 Å². The number of ether oxygens (including phenoxy) is 1. The third kappa shape index (κ3) is 3.69. The SMILES string of the molecule is Cc1nc(OCC[C@@H](N)O)ccc1-c1cccc(C=O)c1C. The molecule has 1 atom stereocenters. The molecule has 0 aliphatic heterocycles. The van der Waals surface area contributed by atoms with Crippen LogP contribution >= 0.6 is 0 Å². The van der Waals surface area contributed by atoms with Crippen LogP contribution in [0.15, 0.2) is 30.3 Å². The van der Waals surface area contributed by atoms with Crippen molar-refractivity contribution in [3.05, 3.63) is 47.2 Å². The quantitative estimate of drug-likeness (QED) is 0.631. The molecule has 2 rings (SSSR count). The fourth-order valence-electron chi connectivity index (χ4n) is 2.26. The maximum absolute atomic E-state index is 11.1. The molecule has 22 heavy (non-hydrogen) atoms. The molecule has 5 nitrogen and oxygen atoms in total. The Hall–Kier alpha value is -2.24. The molecule has 1 aromatic carbocycles. The lowest BCUT2D eigenvalue weighted by Crippen LogP contribution is -2.21. The first-order valence-corrected chi connectivity index (χ1v) is 7.12. The Morgan fingerprint density at radius 3 is 2.68 bits per heavy atom. The van der Waals surface area contributed by atoms with Crippen LogP contribution in [0.4, 0.5) is 0 Å². The Morgan fingerprint density at radius 1 is 1.27 bits per heavy atom. The summed E-state index contributed by atoms with van der Waals surface area (Å²) in [5.41, 5.74) is 9.63. The second-order valence-electron chi connectivity index (χ2n) is 5.12. The molecule has 0 radical (unpaired) electrons. The van der Waals surface area contributed by atoms with Crippen LogP contribution in [0.2, 0.25) is 0 Å². The minimum atomic E-state index is -0.880. The fourth-order valence-corrected chi connectivity index (χ4v) is 2.26. The van der Waals surface area contributed by atoms with Crippen molar-refractivity contribution in [1.29, 1.82) is 0 Å². The monoisotopic (exact) mass is 300 g/mol. The predicted octanol–water partition coefficient (Wildman–Crippen LogP) is 2.22. The zero-order valence-corrected chi connectivity index (χ0v) is 12.7. The Morgan fingerprint density at radius 2 is 2.05 bits per heavy atom. The van der Waals surface area contributed by atoms with Crippen molar-refractivity contribution in [2.45, 2.75) is 26.5 Å². The molecule has 5 heteroatoms. The summed E-state index contributed by atoms with van der Waals surface area (Å²) in [6.45, 7) is 4.13. The van der Waals surface area contributed by atoms with Gasteiger partial charge in [-0.1, -0.05) is 18.2 Å². The number of carbonyl (C=O) groups is 1. The Labute approximate surface area is 129 Å². The number of carbonyl (C=O) groups excluding carboxylic acids is 1. The minimum absolute atomic E-state index is 0.309. The van der Waals surface area contributed by atoms with Gasteiger partial charge in [0.2, 0.25) is 5.88 Å². The van der Waals surface area contributed by atoms with E-state index < -0.39 is 6.23 Å². The van der Waals surface area contributed by atoms with Gasteiger partial charge in [0.25, 0.3) is 0 Å². The third-order valence-corrected chi connectivity index (χ3v) is 3.52. The number of aldehydes is 1. The number of aromatic nitrogens is 1. The zero-order valence-electron chi connectivity index (χ0n) is 12.7. The highest BCUT2D eigenvalue weighted by Crippen LogP contribution is 2.28. The molecule has 1 aromatic heterocycles. The van der Waals surface area contributed by atoms with Gasteiger partial charge in [-0.05, 0) is 31.0 Å². The summed E-state index contributed by atoms with van der Waals surface area (Å²) < 4.78 is 5.46. The lowest BCUT2D eigenvalue weighted by molar-refractivity contribution is 0.112.